The lowest BCUT2D eigenvalue weighted by Gasteiger charge is -2.53. The van der Waals surface area contributed by atoms with Crippen LogP contribution in [0.4, 0.5) is 5.69 Å². The number of nitrogens with zero attached hydrogens (tertiary/aromatic N) is 5. The maximum atomic E-state index is 14.4. The number of likely N-dealkylation sites (N-methyl/N-ethyl adjacent to an activating group) is 1. The number of aryl methyl sites for hydroxylation is 1. The Morgan fingerprint density at radius 3 is 2.58 bits per heavy atom. The minimum absolute atomic E-state index is 0.0159. The first-order valence-electron chi connectivity index (χ1n) is 21.6. The van der Waals surface area contributed by atoms with Crippen LogP contribution >= 0.6 is 11.3 Å². The Kier molecular flexibility index (Phi) is 10.6. The van der Waals surface area contributed by atoms with Gasteiger partial charge in [0.2, 0.25) is 5.91 Å². The van der Waals surface area contributed by atoms with Gasteiger partial charge in [-0.25, -0.2) is 5.43 Å². The average Bonchev–Trinajstić information content (AvgIpc) is 3.64. The fraction of sp³-hybridized carbons (Fsp3) is 0.565. The highest BCUT2D eigenvalue weighted by atomic mass is 32.1. The van der Waals surface area contributed by atoms with Crippen molar-refractivity contribution in [1.29, 1.82) is 0 Å². The van der Waals surface area contributed by atoms with E-state index in [4.69, 9.17) is 14.5 Å². The maximum Gasteiger partial charge on any atom is 0.325 e. The molecule has 3 saturated heterocycles. The van der Waals surface area contributed by atoms with Crippen LogP contribution in [0.5, 0.6) is 0 Å². The van der Waals surface area contributed by atoms with Crippen LogP contribution in [0.2, 0.25) is 0 Å². The smallest absolute Gasteiger partial charge is 0.325 e. The van der Waals surface area contributed by atoms with Gasteiger partial charge in [-0.15, -0.1) is 11.3 Å². The molecule has 314 valence electrons. The Bertz CT molecular complexity index is 2270. The van der Waals surface area contributed by atoms with Crippen LogP contribution in [0, 0.1) is 23.2 Å². The number of methoxy groups -OCH3 is 1. The van der Waals surface area contributed by atoms with Gasteiger partial charge >= 0.3 is 5.97 Å². The molecule has 0 radical (unpaired) electrons. The van der Waals surface area contributed by atoms with Gasteiger partial charge in [0.25, 0.3) is 5.91 Å². The van der Waals surface area contributed by atoms with E-state index >= 15 is 0 Å². The molecule has 5 atom stereocenters. The van der Waals surface area contributed by atoms with Gasteiger partial charge in [-0.2, -0.15) is 0 Å². The lowest BCUT2D eigenvalue weighted by molar-refractivity contribution is -0.171. The molecule has 5 unspecified atom stereocenters. The molecule has 5 fully saturated rings. The van der Waals surface area contributed by atoms with Crippen molar-refractivity contribution in [3.8, 4) is 22.4 Å². The third-order valence-electron chi connectivity index (χ3n) is 13.7. The molecule has 1 aromatic carbocycles. The molecule has 6 aliphatic rings. The van der Waals surface area contributed by atoms with Gasteiger partial charge in [-0.05, 0) is 105 Å². The minimum Gasteiger partial charge on any atom is -0.464 e. The number of piperazine rings is 1. The summed E-state index contributed by atoms with van der Waals surface area (Å²) in [6.07, 6.45) is 5.08. The first-order chi connectivity index (χ1) is 28.3. The van der Waals surface area contributed by atoms with Crippen LogP contribution in [0.3, 0.4) is 0 Å². The molecular weight excluding hydrogens is 763 g/mol. The summed E-state index contributed by atoms with van der Waals surface area (Å²) in [6.45, 7) is 15.5. The van der Waals surface area contributed by atoms with Crippen LogP contribution in [0.25, 0.3) is 33.3 Å². The van der Waals surface area contributed by atoms with Gasteiger partial charge < -0.3 is 29.2 Å². The molecule has 10 rings (SSSR count). The van der Waals surface area contributed by atoms with Crippen molar-refractivity contribution in [2.24, 2.45) is 23.2 Å². The standard InChI is InChI=1S/C46H59N7O5S/c1-8-52-39-10-9-28-19-35(39)37(42(52)36-20-32(23-47-40(36)27(3)57-7)51-13-11-50(6)12-14-51)22-46(4,5)25-58-45(56)41-29-16-31(17-29)53(49-41)44(55)38(21-33-18-30(28)24-59-33)48-43(54)34-15-26(34)2/h9-10,18-20,23-24,26-27,29,31,34,38,41,49H,8,11-17,21-22,25H2,1-7H3,(H,48,54). The quantitative estimate of drug-likeness (QED) is 0.210. The number of pyridine rings is 1. The van der Waals surface area contributed by atoms with E-state index < -0.39 is 17.5 Å². The topological polar surface area (TPSA) is 121 Å². The number of hydrogen-bond donors (Lipinski definition) is 2. The number of fused-ring (bicyclic) bond motifs is 4. The van der Waals surface area contributed by atoms with Crippen LogP contribution in [-0.2, 0) is 43.2 Å². The average molecular weight is 822 g/mol. The van der Waals surface area contributed by atoms with Crippen molar-refractivity contribution in [2.45, 2.75) is 97.5 Å². The lowest BCUT2D eigenvalue weighted by atomic mass is 9.73. The third kappa shape index (κ3) is 7.57. The van der Waals surface area contributed by atoms with Crippen LogP contribution in [-0.4, -0.2) is 102 Å². The summed E-state index contributed by atoms with van der Waals surface area (Å²) in [6, 6.07) is 9.82. The van der Waals surface area contributed by atoms with Crippen LogP contribution < -0.4 is 15.6 Å². The van der Waals surface area contributed by atoms with E-state index in [9.17, 15) is 14.4 Å². The number of benzene rings is 1. The Labute approximate surface area is 351 Å². The summed E-state index contributed by atoms with van der Waals surface area (Å²) < 4.78 is 14.6. The molecule has 2 amide bonds. The molecule has 8 bridgehead atoms. The summed E-state index contributed by atoms with van der Waals surface area (Å²) in [5.41, 5.74) is 11.5. The number of esters is 1. The second-order valence-corrected chi connectivity index (χ2v) is 19.6. The second kappa shape index (κ2) is 15.6. The van der Waals surface area contributed by atoms with E-state index in [1.807, 2.05) is 6.20 Å². The number of carbonyl (C=O) groups excluding carboxylic acids is 3. The summed E-state index contributed by atoms with van der Waals surface area (Å²) in [5.74, 6) is -0.261. The van der Waals surface area contributed by atoms with Gasteiger partial charge in [0.15, 0.2) is 0 Å². The number of amides is 2. The van der Waals surface area contributed by atoms with E-state index in [-0.39, 0.29) is 48.4 Å². The van der Waals surface area contributed by atoms with Crippen molar-refractivity contribution >= 4 is 45.7 Å². The van der Waals surface area contributed by atoms with Crippen molar-refractivity contribution in [2.75, 3.05) is 51.8 Å². The molecule has 13 heteroatoms. The molecule has 4 aliphatic heterocycles. The Morgan fingerprint density at radius 2 is 1.86 bits per heavy atom. The second-order valence-electron chi connectivity index (χ2n) is 18.6. The highest BCUT2D eigenvalue weighted by molar-refractivity contribution is 7.10. The summed E-state index contributed by atoms with van der Waals surface area (Å²) in [5, 5.41) is 8.09. The summed E-state index contributed by atoms with van der Waals surface area (Å²) >= 11 is 1.62. The SMILES string of the molecule is CCn1c(-c2cc(N3CCN(C)CC3)cnc2C(C)OC)c2c3cc(ccc31)-c1csc(c1)CC(NC(=O)C1CC1C)C(=O)N1NC(C(=O)OCC(C)(C)C2)C2CC1C2. The van der Waals surface area contributed by atoms with E-state index in [1.165, 1.54) is 5.56 Å². The molecule has 0 spiro atoms. The summed E-state index contributed by atoms with van der Waals surface area (Å²) in [4.78, 5) is 52.7. The van der Waals surface area contributed by atoms with Gasteiger partial charge in [-0.1, -0.05) is 26.8 Å². The monoisotopic (exact) mass is 821 g/mol. The number of hydrazine groups is 1. The van der Waals surface area contributed by atoms with E-state index in [1.54, 1.807) is 23.5 Å². The van der Waals surface area contributed by atoms with Gasteiger partial charge in [0, 0.05) is 85.0 Å². The largest absolute Gasteiger partial charge is 0.464 e. The highest BCUT2D eigenvalue weighted by Gasteiger charge is 2.51. The van der Waals surface area contributed by atoms with Crippen LogP contribution in [0.15, 0.2) is 41.9 Å². The number of hydrogen-bond acceptors (Lipinski definition) is 10. The van der Waals surface area contributed by atoms with Crippen molar-refractivity contribution in [3.63, 3.8) is 0 Å². The number of nitrogens with one attached hydrogen (secondary N) is 2. The fourth-order valence-corrected chi connectivity index (χ4v) is 10.7. The molecule has 2 saturated carbocycles. The van der Waals surface area contributed by atoms with E-state index in [2.05, 4.69) is 102 Å². The third-order valence-corrected chi connectivity index (χ3v) is 14.7. The zero-order valence-corrected chi connectivity index (χ0v) is 36.4. The molecular formula is C46H59N7O5S. The number of carbonyl (C=O) groups is 3. The zero-order valence-electron chi connectivity index (χ0n) is 35.5. The van der Waals surface area contributed by atoms with Gasteiger partial charge in [0.05, 0.1) is 36.0 Å². The van der Waals surface area contributed by atoms with Crippen molar-refractivity contribution in [1.82, 2.24) is 30.2 Å². The molecule has 59 heavy (non-hydrogen) atoms. The number of rotatable bonds is 7. The number of ether oxygens (including phenoxy) is 2. The predicted octanol–water partition coefficient (Wildman–Crippen LogP) is 6.21. The number of cyclic esters (lactones) is 1. The van der Waals surface area contributed by atoms with Crippen molar-refractivity contribution < 1.29 is 23.9 Å². The minimum atomic E-state index is -0.755. The van der Waals surface area contributed by atoms with Gasteiger partial charge in [-0.3, -0.25) is 24.4 Å². The Morgan fingerprint density at radius 1 is 1.10 bits per heavy atom. The normalized spacial score (nSPS) is 27.5. The summed E-state index contributed by atoms with van der Waals surface area (Å²) in [7, 11) is 3.91. The Balaban J connectivity index is 1.17. The molecule has 4 aromatic rings. The first kappa shape index (κ1) is 40.1. The number of thiophene rings is 1. The first-order valence-corrected chi connectivity index (χ1v) is 22.5. The lowest BCUT2D eigenvalue weighted by Crippen LogP contribution is -2.71. The van der Waals surface area contributed by atoms with E-state index in [0.717, 1.165) is 102 Å². The molecule has 7 heterocycles. The Hall–Kier alpha value is -4.30. The molecule has 2 aliphatic carbocycles. The molecule has 2 N–H and O–H groups in total. The number of anilines is 1. The highest BCUT2D eigenvalue weighted by Crippen LogP contribution is 2.44. The van der Waals surface area contributed by atoms with Crippen LogP contribution in [0.1, 0.15) is 76.1 Å². The maximum absolute atomic E-state index is 14.4. The predicted molar refractivity (Wildman–Crippen MR) is 231 cm³/mol. The number of aromatic nitrogens is 2. The zero-order chi connectivity index (χ0) is 41.3. The molecule has 3 aromatic heterocycles. The van der Waals surface area contributed by atoms with Crippen molar-refractivity contribution in [3.05, 3.63) is 58.0 Å². The fourth-order valence-electron chi connectivity index (χ4n) is 9.77. The molecule has 12 nitrogen and oxygen atoms in total. The van der Waals surface area contributed by atoms with Gasteiger partial charge in [0.1, 0.15) is 12.1 Å². The van der Waals surface area contributed by atoms with E-state index in [0.29, 0.717) is 18.8 Å².